The van der Waals surface area contributed by atoms with Gasteiger partial charge in [0.2, 0.25) is 0 Å². The highest BCUT2D eigenvalue weighted by Gasteiger charge is 2.37. The lowest BCUT2D eigenvalue weighted by Gasteiger charge is -2.34. The van der Waals surface area contributed by atoms with Crippen molar-refractivity contribution in [3.8, 4) is 0 Å². The highest BCUT2D eigenvalue weighted by Crippen LogP contribution is 2.33. The Labute approximate surface area is 175 Å². The Balaban J connectivity index is 1.71. The normalized spacial score (nSPS) is 16.0. The number of hydrogen-bond donors (Lipinski definition) is 1. The van der Waals surface area contributed by atoms with E-state index in [0.717, 1.165) is 23.5 Å². The van der Waals surface area contributed by atoms with Crippen LogP contribution in [-0.4, -0.2) is 32.3 Å². The number of nitrogens with one attached hydrogen (secondary N) is 1. The van der Waals surface area contributed by atoms with E-state index in [1.54, 1.807) is 24.3 Å². The molecule has 4 rings (SSSR count). The van der Waals surface area contributed by atoms with Gasteiger partial charge in [0.25, 0.3) is 5.91 Å². The molecule has 1 unspecified atom stereocenters. The summed E-state index contributed by atoms with van der Waals surface area (Å²) in [6, 6.07) is 6.96. The summed E-state index contributed by atoms with van der Waals surface area (Å²) in [5, 5.41) is 0. The molecule has 0 bridgehead atoms. The molecule has 3 aromatic heterocycles. The second-order valence-corrected chi connectivity index (χ2v) is 8.16. The maximum atomic E-state index is 13.5. The number of aromatic nitrogens is 3. The van der Waals surface area contributed by atoms with E-state index >= 15 is 0 Å². The van der Waals surface area contributed by atoms with Gasteiger partial charge in [-0.15, -0.1) is 0 Å². The summed E-state index contributed by atoms with van der Waals surface area (Å²) in [4.78, 5) is 40.1. The minimum atomic E-state index is -0.577. The summed E-state index contributed by atoms with van der Waals surface area (Å²) in [5.41, 5.74) is 2.62. The molecule has 3 aromatic rings. The summed E-state index contributed by atoms with van der Waals surface area (Å²) >= 11 is 0. The van der Waals surface area contributed by atoms with Gasteiger partial charge >= 0.3 is 5.63 Å². The molecular formula is C23H26N4O3. The number of aromatic amines is 1. The van der Waals surface area contributed by atoms with Gasteiger partial charge in [-0.05, 0) is 43.0 Å². The lowest BCUT2D eigenvalue weighted by molar-refractivity contribution is 0.0681. The standard InChI is InChI=1S/C23H26N4O3/c1-14(2)7-8-16-12-15(3)19(23(29)30-16)22(28)27-11-9-17-20(26-13-25-17)21(27)18-6-4-5-10-24-18/h4-6,10,12-14,21H,7-9,11H2,1-3H3,(H,25,26). The van der Waals surface area contributed by atoms with Crippen LogP contribution in [0.15, 0.2) is 46.0 Å². The van der Waals surface area contributed by atoms with E-state index in [1.807, 2.05) is 24.3 Å². The molecule has 1 amide bonds. The SMILES string of the molecule is Cc1cc(CCC(C)C)oc(=O)c1C(=O)N1CCc2[nH]cnc2C1c1ccccn1. The fourth-order valence-electron chi connectivity index (χ4n) is 3.96. The van der Waals surface area contributed by atoms with Crippen molar-refractivity contribution in [1.82, 2.24) is 19.9 Å². The third-order valence-corrected chi connectivity index (χ3v) is 5.54. The molecule has 1 N–H and O–H groups in total. The minimum Gasteiger partial charge on any atom is -0.427 e. The van der Waals surface area contributed by atoms with Crippen LogP contribution in [0.4, 0.5) is 0 Å². The molecule has 0 fully saturated rings. The Kier molecular flexibility index (Phi) is 5.53. The molecule has 1 atom stereocenters. The average Bonchev–Trinajstić information content (AvgIpc) is 3.20. The quantitative estimate of drug-likeness (QED) is 0.701. The predicted molar refractivity (Wildman–Crippen MR) is 112 cm³/mol. The smallest absolute Gasteiger partial charge is 0.349 e. The van der Waals surface area contributed by atoms with Gasteiger partial charge < -0.3 is 14.3 Å². The molecule has 1 aliphatic rings. The molecular weight excluding hydrogens is 380 g/mol. The van der Waals surface area contributed by atoms with Gasteiger partial charge in [0.15, 0.2) is 0 Å². The zero-order valence-electron chi connectivity index (χ0n) is 17.5. The van der Waals surface area contributed by atoms with Gasteiger partial charge in [-0.3, -0.25) is 9.78 Å². The van der Waals surface area contributed by atoms with Crippen molar-refractivity contribution in [3.63, 3.8) is 0 Å². The molecule has 1 aliphatic heterocycles. The van der Waals surface area contributed by atoms with Crippen LogP contribution in [0.5, 0.6) is 0 Å². The molecule has 0 saturated carbocycles. The van der Waals surface area contributed by atoms with Crippen molar-refractivity contribution >= 4 is 5.91 Å². The summed E-state index contributed by atoms with van der Waals surface area (Å²) in [6.07, 6.45) is 5.58. The molecule has 0 aliphatic carbocycles. The number of rotatable bonds is 5. The van der Waals surface area contributed by atoms with Crippen molar-refractivity contribution in [2.24, 2.45) is 5.92 Å². The van der Waals surface area contributed by atoms with Gasteiger partial charge in [0.05, 0.1) is 17.7 Å². The summed E-state index contributed by atoms with van der Waals surface area (Å²) in [6.45, 7) is 6.51. The van der Waals surface area contributed by atoms with Gasteiger partial charge in [-0.1, -0.05) is 19.9 Å². The Morgan fingerprint density at radius 1 is 1.33 bits per heavy atom. The van der Waals surface area contributed by atoms with Crippen LogP contribution >= 0.6 is 0 Å². The van der Waals surface area contributed by atoms with E-state index in [2.05, 4.69) is 28.8 Å². The number of amides is 1. The van der Waals surface area contributed by atoms with Gasteiger partial charge in [0.1, 0.15) is 17.4 Å². The first-order valence-corrected chi connectivity index (χ1v) is 10.3. The lowest BCUT2D eigenvalue weighted by Crippen LogP contribution is -2.43. The predicted octanol–water partition coefficient (Wildman–Crippen LogP) is 3.44. The minimum absolute atomic E-state index is 0.0863. The summed E-state index contributed by atoms with van der Waals surface area (Å²) < 4.78 is 5.51. The fourth-order valence-corrected chi connectivity index (χ4v) is 3.96. The van der Waals surface area contributed by atoms with Crippen molar-refractivity contribution in [2.75, 3.05) is 6.54 Å². The molecule has 4 heterocycles. The first-order chi connectivity index (χ1) is 14.5. The third-order valence-electron chi connectivity index (χ3n) is 5.54. The Hall–Kier alpha value is -3.22. The van der Waals surface area contributed by atoms with Crippen LogP contribution in [0.3, 0.4) is 0 Å². The maximum absolute atomic E-state index is 13.5. The first-order valence-electron chi connectivity index (χ1n) is 10.3. The molecule has 30 heavy (non-hydrogen) atoms. The van der Waals surface area contributed by atoms with Crippen molar-refractivity contribution < 1.29 is 9.21 Å². The van der Waals surface area contributed by atoms with Crippen molar-refractivity contribution in [2.45, 2.75) is 46.1 Å². The largest absolute Gasteiger partial charge is 0.427 e. The molecule has 0 radical (unpaired) electrons. The molecule has 156 valence electrons. The van der Waals surface area contributed by atoms with E-state index < -0.39 is 11.7 Å². The lowest BCUT2D eigenvalue weighted by atomic mass is 9.97. The second kappa shape index (κ2) is 8.26. The highest BCUT2D eigenvalue weighted by atomic mass is 16.4. The van der Waals surface area contributed by atoms with Gasteiger partial charge in [-0.25, -0.2) is 9.78 Å². The second-order valence-electron chi connectivity index (χ2n) is 8.16. The summed E-state index contributed by atoms with van der Waals surface area (Å²) in [7, 11) is 0. The molecule has 0 saturated heterocycles. The number of carbonyl (C=O) groups is 1. The van der Waals surface area contributed by atoms with E-state index in [9.17, 15) is 9.59 Å². The number of hydrogen-bond acceptors (Lipinski definition) is 5. The molecule has 7 nitrogen and oxygen atoms in total. The van der Waals surface area contributed by atoms with E-state index in [0.29, 0.717) is 36.6 Å². The van der Waals surface area contributed by atoms with Crippen LogP contribution in [0.2, 0.25) is 0 Å². The van der Waals surface area contributed by atoms with Crippen molar-refractivity contribution in [3.05, 3.63) is 81.2 Å². The van der Waals surface area contributed by atoms with Gasteiger partial charge in [-0.2, -0.15) is 0 Å². The third kappa shape index (κ3) is 3.79. The fraction of sp³-hybridized carbons (Fsp3) is 0.391. The number of pyridine rings is 1. The zero-order valence-corrected chi connectivity index (χ0v) is 17.5. The first kappa shape index (κ1) is 20.1. The van der Waals surface area contributed by atoms with E-state index in [4.69, 9.17) is 4.42 Å². The number of fused-ring (bicyclic) bond motifs is 1. The number of H-pyrrole nitrogens is 1. The molecule has 0 spiro atoms. The number of imidazole rings is 1. The van der Waals surface area contributed by atoms with Crippen molar-refractivity contribution in [1.29, 1.82) is 0 Å². The van der Waals surface area contributed by atoms with Crippen LogP contribution in [0.25, 0.3) is 0 Å². The zero-order chi connectivity index (χ0) is 21.3. The Morgan fingerprint density at radius 3 is 2.87 bits per heavy atom. The number of aryl methyl sites for hydroxylation is 2. The molecule has 7 heteroatoms. The van der Waals surface area contributed by atoms with Crippen LogP contribution < -0.4 is 5.63 Å². The maximum Gasteiger partial charge on any atom is 0.349 e. The number of nitrogens with zero attached hydrogens (tertiary/aromatic N) is 3. The topological polar surface area (TPSA) is 92.1 Å². The molecule has 0 aromatic carbocycles. The van der Waals surface area contributed by atoms with Crippen LogP contribution in [0.1, 0.15) is 65.1 Å². The highest BCUT2D eigenvalue weighted by molar-refractivity contribution is 5.95. The summed E-state index contributed by atoms with van der Waals surface area (Å²) in [5.74, 6) is 0.783. The van der Waals surface area contributed by atoms with Gasteiger partial charge in [0, 0.05) is 31.3 Å². The Morgan fingerprint density at radius 2 is 2.17 bits per heavy atom. The van der Waals surface area contributed by atoms with E-state index in [-0.39, 0.29) is 11.5 Å². The average molecular weight is 406 g/mol. The number of carbonyl (C=O) groups excluding carboxylic acids is 1. The van der Waals surface area contributed by atoms with Crippen LogP contribution in [0, 0.1) is 12.8 Å². The van der Waals surface area contributed by atoms with Crippen LogP contribution in [-0.2, 0) is 12.8 Å². The van der Waals surface area contributed by atoms with E-state index in [1.165, 1.54) is 0 Å². The Bertz CT molecular complexity index is 1100. The monoisotopic (exact) mass is 406 g/mol.